The summed E-state index contributed by atoms with van der Waals surface area (Å²) in [5.74, 6) is 0.128. The van der Waals surface area contributed by atoms with E-state index in [1.807, 2.05) is 6.07 Å². The molecule has 1 aromatic carbocycles. The van der Waals surface area contributed by atoms with Crippen LogP contribution < -0.4 is 5.32 Å². The van der Waals surface area contributed by atoms with E-state index < -0.39 is 5.82 Å². The number of nitriles is 1. The summed E-state index contributed by atoms with van der Waals surface area (Å²) >= 11 is 0. The monoisotopic (exact) mass is 268 g/mol. The quantitative estimate of drug-likeness (QED) is 0.758. The smallest absolute Gasteiger partial charge is 0.182 e. The summed E-state index contributed by atoms with van der Waals surface area (Å²) < 4.78 is 13.7. The van der Waals surface area contributed by atoms with Gasteiger partial charge in [0.1, 0.15) is 17.7 Å². The molecule has 0 aliphatic rings. The molecule has 20 heavy (non-hydrogen) atoms. The highest BCUT2D eigenvalue weighted by atomic mass is 19.1. The molecule has 3 aromatic rings. The molecular weight excluding hydrogens is 259 g/mol. The van der Waals surface area contributed by atoms with Gasteiger partial charge in [-0.05, 0) is 12.1 Å². The van der Waals surface area contributed by atoms with E-state index in [4.69, 9.17) is 5.26 Å². The number of hydrogen-bond acceptors (Lipinski definition) is 5. The molecule has 0 atom stereocenters. The fraction of sp³-hybridized carbons (Fsp3) is 0.0769. The molecule has 0 spiro atoms. The fourth-order valence-electron chi connectivity index (χ4n) is 1.84. The second-order valence-corrected chi connectivity index (χ2v) is 4.09. The summed E-state index contributed by atoms with van der Waals surface area (Å²) in [5, 5.41) is 11.7. The third-order valence-corrected chi connectivity index (χ3v) is 2.85. The Morgan fingerprint density at radius 3 is 3.00 bits per heavy atom. The van der Waals surface area contributed by atoms with Crippen LogP contribution in [0.25, 0.3) is 11.2 Å². The Labute approximate surface area is 113 Å². The van der Waals surface area contributed by atoms with E-state index >= 15 is 0 Å². The predicted molar refractivity (Wildman–Crippen MR) is 70.1 cm³/mol. The number of rotatable bonds is 3. The zero-order valence-corrected chi connectivity index (χ0v) is 10.3. The maximum Gasteiger partial charge on any atom is 0.182 e. The number of imidazole rings is 1. The van der Waals surface area contributed by atoms with Gasteiger partial charge in [0.05, 0.1) is 18.0 Å². The normalized spacial score (nSPS) is 10.4. The molecule has 0 bridgehead atoms. The van der Waals surface area contributed by atoms with Crippen LogP contribution in [0, 0.1) is 17.1 Å². The Hall–Kier alpha value is -3.01. The van der Waals surface area contributed by atoms with Crippen molar-refractivity contribution in [2.75, 3.05) is 5.32 Å². The first-order chi connectivity index (χ1) is 9.78. The van der Waals surface area contributed by atoms with Crippen molar-refractivity contribution in [1.29, 1.82) is 5.26 Å². The third-order valence-electron chi connectivity index (χ3n) is 2.85. The number of aromatic nitrogens is 4. The molecule has 2 heterocycles. The maximum atomic E-state index is 13.7. The van der Waals surface area contributed by atoms with Gasteiger partial charge in [-0.2, -0.15) is 5.26 Å². The molecule has 98 valence electrons. The van der Waals surface area contributed by atoms with E-state index in [1.54, 1.807) is 12.1 Å². The van der Waals surface area contributed by atoms with Gasteiger partial charge in [0.2, 0.25) is 0 Å². The van der Waals surface area contributed by atoms with Gasteiger partial charge < -0.3 is 10.3 Å². The standard InChI is InChI=1S/C13H9FN6/c14-10-3-8(4-15)1-2-9(10)5-16-12-11-13(18-6-17-11)20-7-19-12/h1-3,6-7H,5H2,(H2,16,17,18,19,20). The van der Waals surface area contributed by atoms with Crippen LogP contribution >= 0.6 is 0 Å². The van der Waals surface area contributed by atoms with E-state index in [2.05, 4.69) is 25.3 Å². The van der Waals surface area contributed by atoms with Gasteiger partial charge in [0, 0.05) is 12.1 Å². The number of nitrogens with one attached hydrogen (secondary N) is 2. The SMILES string of the molecule is N#Cc1ccc(CNc2ncnc3nc[nH]c23)c(F)c1. The van der Waals surface area contributed by atoms with E-state index in [-0.39, 0.29) is 6.54 Å². The van der Waals surface area contributed by atoms with Crippen LogP contribution in [-0.4, -0.2) is 19.9 Å². The first-order valence-corrected chi connectivity index (χ1v) is 5.84. The highest BCUT2D eigenvalue weighted by molar-refractivity contribution is 5.81. The largest absolute Gasteiger partial charge is 0.364 e. The molecule has 0 radical (unpaired) electrons. The fourth-order valence-corrected chi connectivity index (χ4v) is 1.84. The van der Waals surface area contributed by atoms with Crippen molar-refractivity contribution in [3.8, 4) is 6.07 Å². The molecule has 3 rings (SSSR count). The number of benzene rings is 1. The Bertz CT molecular complexity index is 804. The minimum absolute atomic E-state index is 0.253. The van der Waals surface area contributed by atoms with E-state index in [0.29, 0.717) is 28.1 Å². The van der Waals surface area contributed by atoms with Crippen molar-refractivity contribution in [1.82, 2.24) is 19.9 Å². The van der Waals surface area contributed by atoms with Gasteiger partial charge in [0.15, 0.2) is 11.5 Å². The van der Waals surface area contributed by atoms with Crippen molar-refractivity contribution in [2.24, 2.45) is 0 Å². The van der Waals surface area contributed by atoms with Gasteiger partial charge in [-0.15, -0.1) is 0 Å². The van der Waals surface area contributed by atoms with Crippen LogP contribution in [0.1, 0.15) is 11.1 Å². The van der Waals surface area contributed by atoms with Gasteiger partial charge in [0.25, 0.3) is 0 Å². The van der Waals surface area contributed by atoms with Crippen molar-refractivity contribution in [3.05, 3.63) is 47.8 Å². The summed E-state index contributed by atoms with van der Waals surface area (Å²) in [5.41, 5.74) is 1.96. The Kier molecular flexibility index (Phi) is 2.97. The average Bonchev–Trinajstić information content (AvgIpc) is 2.95. The molecule has 0 saturated heterocycles. The van der Waals surface area contributed by atoms with Gasteiger partial charge >= 0.3 is 0 Å². The van der Waals surface area contributed by atoms with Gasteiger partial charge in [-0.25, -0.2) is 19.3 Å². The lowest BCUT2D eigenvalue weighted by molar-refractivity contribution is 0.612. The number of hydrogen-bond donors (Lipinski definition) is 2. The molecule has 0 aliphatic carbocycles. The minimum Gasteiger partial charge on any atom is -0.364 e. The van der Waals surface area contributed by atoms with Crippen LogP contribution in [0.3, 0.4) is 0 Å². The molecule has 2 N–H and O–H groups in total. The van der Waals surface area contributed by atoms with E-state index in [0.717, 1.165) is 0 Å². The summed E-state index contributed by atoms with van der Waals surface area (Å²) in [6.07, 6.45) is 2.91. The van der Waals surface area contributed by atoms with Crippen molar-refractivity contribution in [3.63, 3.8) is 0 Å². The van der Waals surface area contributed by atoms with Crippen LogP contribution in [0.4, 0.5) is 10.2 Å². The first kappa shape index (κ1) is 12.0. The third kappa shape index (κ3) is 2.14. The van der Waals surface area contributed by atoms with Crippen molar-refractivity contribution >= 4 is 17.0 Å². The summed E-state index contributed by atoms with van der Waals surface area (Å²) in [6, 6.07) is 6.26. The molecular formula is C13H9FN6. The lowest BCUT2D eigenvalue weighted by atomic mass is 10.1. The second-order valence-electron chi connectivity index (χ2n) is 4.09. The van der Waals surface area contributed by atoms with Gasteiger partial charge in [-0.1, -0.05) is 6.07 Å². The predicted octanol–water partition coefficient (Wildman–Crippen LogP) is 1.98. The van der Waals surface area contributed by atoms with E-state index in [9.17, 15) is 4.39 Å². The van der Waals surface area contributed by atoms with E-state index in [1.165, 1.54) is 18.7 Å². The zero-order chi connectivity index (χ0) is 13.9. The summed E-state index contributed by atoms with van der Waals surface area (Å²) in [7, 11) is 0. The molecule has 0 saturated carbocycles. The lowest BCUT2D eigenvalue weighted by Gasteiger charge is -2.07. The number of anilines is 1. The maximum absolute atomic E-state index is 13.7. The second kappa shape index (κ2) is 4.93. The van der Waals surface area contributed by atoms with Crippen molar-refractivity contribution < 1.29 is 4.39 Å². The molecule has 0 aliphatic heterocycles. The lowest BCUT2D eigenvalue weighted by Crippen LogP contribution is -2.04. The number of H-pyrrole nitrogens is 1. The van der Waals surface area contributed by atoms with Crippen LogP contribution in [-0.2, 0) is 6.54 Å². The van der Waals surface area contributed by atoms with Gasteiger partial charge in [-0.3, -0.25) is 0 Å². The zero-order valence-electron chi connectivity index (χ0n) is 10.3. The van der Waals surface area contributed by atoms with Crippen LogP contribution in [0.5, 0.6) is 0 Å². The molecule has 6 nitrogen and oxygen atoms in total. The number of fused-ring (bicyclic) bond motifs is 1. The molecule has 0 amide bonds. The summed E-state index contributed by atoms with van der Waals surface area (Å²) in [6.45, 7) is 0.253. The number of nitrogens with zero attached hydrogens (tertiary/aromatic N) is 4. The summed E-state index contributed by atoms with van der Waals surface area (Å²) in [4.78, 5) is 15.0. The molecule has 7 heteroatoms. The molecule has 0 fully saturated rings. The Morgan fingerprint density at radius 2 is 2.20 bits per heavy atom. The Balaban J connectivity index is 1.83. The topological polar surface area (TPSA) is 90.3 Å². The number of halogens is 1. The van der Waals surface area contributed by atoms with Crippen LogP contribution in [0.2, 0.25) is 0 Å². The average molecular weight is 268 g/mol. The molecule has 2 aromatic heterocycles. The highest BCUT2D eigenvalue weighted by Crippen LogP contribution is 2.17. The molecule has 0 unspecified atom stereocenters. The van der Waals surface area contributed by atoms with Crippen molar-refractivity contribution in [2.45, 2.75) is 6.54 Å². The number of aromatic amines is 1. The Morgan fingerprint density at radius 1 is 1.30 bits per heavy atom. The minimum atomic E-state index is -0.425. The van der Waals surface area contributed by atoms with Crippen LogP contribution in [0.15, 0.2) is 30.9 Å². The highest BCUT2D eigenvalue weighted by Gasteiger charge is 2.07. The first-order valence-electron chi connectivity index (χ1n) is 5.84.